The van der Waals surface area contributed by atoms with Crippen molar-refractivity contribution in [2.45, 2.75) is 38.5 Å². The van der Waals surface area contributed by atoms with Gasteiger partial charge in [0.05, 0.1) is 39.6 Å². The first-order valence-corrected chi connectivity index (χ1v) is 12.5. The fourth-order valence-corrected chi connectivity index (χ4v) is 4.88. The molecule has 2 heterocycles. The van der Waals surface area contributed by atoms with E-state index < -0.39 is 22.2 Å². The molecule has 0 aliphatic rings. The first kappa shape index (κ1) is 24.9. The molecule has 0 spiro atoms. The van der Waals surface area contributed by atoms with E-state index in [2.05, 4.69) is 26.1 Å². The molecule has 0 radical (unpaired) electrons. The van der Waals surface area contributed by atoms with E-state index in [1.807, 2.05) is 45.9 Å². The van der Waals surface area contributed by atoms with E-state index in [1.165, 1.54) is 0 Å². The molecule has 4 aromatic rings. The molecule has 0 fully saturated rings. The van der Waals surface area contributed by atoms with Crippen LogP contribution in [0.2, 0.25) is 5.02 Å². The quantitative estimate of drug-likeness (QED) is 0.379. The molecule has 0 bridgehead atoms. The van der Waals surface area contributed by atoms with Gasteiger partial charge in [0.15, 0.2) is 0 Å². The van der Waals surface area contributed by atoms with Crippen LogP contribution in [0.1, 0.15) is 45.0 Å². The second kappa shape index (κ2) is 9.47. The van der Waals surface area contributed by atoms with Gasteiger partial charge in [-0.2, -0.15) is 15.5 Å². The van der Waals surface area contributed by atoms with E-state index in [1.54, 1.807) is 36.1 Å². The first-order chi connectivity index (χ1) is 16.5. The third-order valence-electron chi connectivity index (χ3n) is 5.70. The minimum Gasteiger partial charge on any atom is -0.598 e. The summed E-state index contributed by atoms with van der Waals surface area (Å²) in [7, 11) is 1.80. The zero-order valence-electron chi connectivity index (χ0n) is 20.0. The maximum Gasteiger partial charge on any atom is 0.272 e. The number of benzene rings is 2. The summed E-state index contributed by atoms with van der Waals surface area (Å²) in [6, 6.07) is 12.5. The van der Waals surface area contributed by atoms with Crippen molar-refractivity contribution < 1.29 is 4.55 Å². The maximum absolute atomic E-state index is 12.7. The van der Waals surface area contributed by atoms with Crippen molar-refractivity contribution >= 4 is 33.7 Å². The molecule has 0 saturated heterocycles. The van der Waals surface area contributed by atoms with Crippen LogP contribution in [0.5, 0.6) is 0 Å². The molecule has 0 aliphatic carbocycles. The summed E-state index contributed by atoms with van der Waals surface area (Å²) in [5, 5.41) is 22.4. The molecule has 2 aromatic carbocycles. The lowest BCUT2D eigenvalue weighted by Crippen LogP contribution is -2.41. The highest BCUT2D eigenvalue weighted by Gasteiger charge is 2.29. The smallest absolute Gasteiger partial charge is 0.272 e. The lowest BCUT2D eigenvalue weighted by Gasteiger charge is -2.26. The van der Waals surface area contributed by atoms with E-state index in [9.17, 15) is 14.6 Å². The van der Waals surface area contributed by atoms with Gasteiger partial charge in [-0.1, -0.05) is 29.8 Å². The minimum absolute atomic E-state index is 0.313. The number of nitriles is 1. The Balaban J connectivity index is 1.88. The molecular weight excluding hydrogens is 484 g/mol. The summed E-state index contributed by atoms with van der Waals surface area (Å²) >= 11 is 4.96. The van der Waals surface area contributed by atoms with Crippen LogP contribution >= 0.6 is 11.6 Å². The number of halogens is 1. The van der Waals surface area contributed by atoms with Crippen molar-refractivity contribution in [1.29, 1.82) is 5.26 Å². The van der Waals surface area contributed by atoms with Crippen molar-refractivity contribution in [3.8, 4) is 28.5 Å². The monoisotopic (exact) mass is 508 g/mol. The topological polar surface area (TPSA) is 122 Å². The van der Waals surface area contributed by atoms with E-state index in [4.69, 9.17) is 11.6 Å². The Morgan fingerprint density at radius 3 is 2.66 bits per heavy atom. The Labute approximate surface area is 211 Å². The molecule has 1 unspecified atom stereocenters. The van der Waals surface area contributed by atoms with Crippen LogP contribution in [0.25, 0.3) is 33.2 Å². The predicted molar refractivity (Wildman–Crippen MR) is 139 cm³/mol. The highest BCUT2D eigenvalue weighted by atomic mass is 35.5. The number of fused-ring (bicyclic) bond motifs is 1. The Morgan fingerprint density at radius 1 is 1.23 bits per heavy atom. The summed E-state index contributed by atoms with van der Waals surface area (Å²) in [5.41, 5.74) is 3.58. The van der Waals surface area contributed by atoms with Gasteiger partial charge >= 0.3 is 0 Å². The summed E-state index contributed by atoms with van der Waals surface area (Å²) in [4.78, 5) is 12.5. The zero-order chi connectivity index (χ0) is 25.5. The Morgan fingerprint density at radius 2 is 1.97 bits per heavy atom. The number of nitrogens with one attached hydrogen (secondary N) is 2. The van der Waals surface area contributed by atoms with Crippen LogP contribution in [0.15, 0.2) is 47.4 Å². The number of hydrogen-bond acceptors (Lipinski definition) is 6. The number of hydrogen-bond donors (Lipinski definition) is 2. The van der Waals surface area contributed by atoms with Crippen molar-refractivity contribution in [3.63, 3.8) is 0 Å². The predicted octanol–water partition coefficient (Wildman–Crippen LogP) is 4.63. The van der Waals surface area contributed by atoms with Gasteiger partial charge < -0.3 is 4.55 Å². The number of nitrogens with zero attached hydrogens (tertiary/aromatic N) is 4. The van der Waals surface area contributed by atoms with Crippen LogP contribution in [-0.4, -0.2) is 29.3 Å². The number of aryl methyl sites for hydroxylation is 1. The lowest BCUT2D eigenvalue weighted by molar-refractivity contribution is 0.528. The van der Waals surface area contributed by atoms with Crippen molar-refractivity contribution in [3.05, 3.63) is 69.2 Å². The van der Waals surface area contributed by atoms with Crippen molar-refractivity contribution in [1.82, 2.24) is 24.7 Å². The molecule has 0 aliphatic heterocycles. The van der Waals surface area contributed by atoms with Crippen LogP contribution in [0, 0.1) is 11.3 Å². The molecular formula is C25H25ClN6O2S. The number of aromatic nitrogens is 4. The van der Waals surface area contributed by atoms with E-state index in [0.717, 1.165) is 16.8 Å². The van der Waals surface area contributed by atoms with Crippen LogP contribution in [-0.2, 0) is 18.4 Å². The summed E-state index contributed by atoms with van der Waals surface area (Å²) in [6.45, 7) is 7.51. The van der Waals surface area contributed by atoms with Crippen molar-refractivity contribution in [2.75, 3.05) is 0 Å². The Hall–Kier alpha value is -3.16. The summed E-state index contributed by atoms with van der Waals surface area (Å²) < 4.78 is 17.0. The first-order valence-electron chi connectivity index (χ1n) is 10.9. The molecule has 0 saturated carbocycles. The van der Waals surface area contributed by atoms with E-state index >= 15 is 0 Å². The molecule has 35 heavy (non-hydrogen) atoms. The Bertz CT molecular complexity index is 1520. The summed E-state index contributed by atoms with van der Waals surface area (Å²) in [6.07, 6.45) is 1.72. The fraction of sp³-hybridized carbons (Fsp3) is 0.280. The van der Waals surface area contributed by atoms with Gasteiger partial charge in [0.2, 0.25) is 0 Å². The number of H-pyrrole nitrogens is 1. The summed E-state index contributed by atoms with van der Waals surface area (Å²) in [5.74, 6) is 0. The third kappa shape index (κ3) is 4.70. The van der Waals surface area contributed by atoms with Gasteiger partial charge in [-0.05, 0) is 51.5 Å². The van der Waals surface area contributed by atoms with Gasteiger partial charge in [0.25, 0.3) is 5.56 Å². The van der Waals surface area contributed by atoms with Crippen LogP contribution < -0.4 is 10.3 Å². The molecule has 2 atom stereocenters. The molecule has 2 aromatic heterocycles. The van der Waals surface area contributed by atoms with Crippen LogP contribution in [0.3, 0.4) is 0 Å². The molecule has 10 heteroatoms. The fourth-order valence-electron chi connectivity index (χ4n) is 3.88. The molecule has 4 rings (SSSR count). The molecule has 2 N–H and O–H groups in total. The lowest BCUT2D eigenvalue weighted by atomic mass is 9.96. The van der Waals surface area contributed by atoms with Gasteiger partial charge in [0, 0.05) is 34.9 Å². The number of rotatable bonds is 5. The van der Waals surface area contributed by atoms with E-state index in [0.29, 0.717) is 32.6 Å². The highest BCUT2D eigenvalue weighted by molar-refractivity contribution is 7.90. The highest BCUT2D eigenvalue weighted by Crippen LogP contribution is 2.37. The molecule has 8 nitrogen and oxygen atoms in total. The van der Waals surface area contributed by atoms with Gasteiger partial charge in [-0.15, -0.1) is 4.72 Å². The van der Waals surface area contributed by atoms with Gasteiger partial charge in [-0.3, -0.25) is 9.48 Å². The SMILES string of the molecule is CC(N[S@+]([O-])C(C)(C)C)c1n[nH]c(=O)c2ccc(-c3cnn(C)c3-c3cccc(Cl)c3C#N)cc12. The average molecular weight is 509 g/mol. The third-order valence-corrected chi connectivity index (χ3v) is 7.69. The maximum atomic E-state index is 12.7. The normalized spacial score (nSPS) is 13.5. The van der Waals surface area contributed by atoms with Gasteiger partial charge in [-0.25, -0.2) is 5.10 Å². The van der Waals surface area contributed by atoms with Gasteiger partial charge in [0.1, 0.15) is 10.8 Å². The van der Waals surface area contributed by atoms with Crippen LogP contribution in [0.4, 0.5) is 0 Å². The minimum atomic E-state index is -1.33. The Kier molecular flexibility index (Phi) is 6.75. The zero-order valence-corrected chi connectivity index (χ0v) is 21.6. The van der Waals surface area contributed by atoms with Crippen molar-refractivity contribution in [2.24, 2.45) is 7.05 Å². The molecule has 180 valence electrons. The molecule has 0 amide bonds. The largest absolute Gasteiger partial charge is 0.598 e. The van der Waals surface area contributed by atoms with E-state index in [-0.39, 0.29) is 5.56 Å². The second-order valence-corrected chi connectivity index (χ2v) is 11.6. The average Bonchev–Trinajstić information content (AvgIpc) is 3.19. The number of aromatic amines is 1. The second-order valence-electron chi connectivity index (χ2n) is 9.22. The standard InChI is InChI=1S/C25H25ClN6O2S/c1-14(31-35(34)25(2,3)4)22-18-11-15(9-10-17(18)24(33)30-29-22)20-13-28-32(5)23(20)16-7-6-8-21(26)19(16)12-27/h6-11,13-14,31H,1-5H3,(H,30,33)/t14?,35-/m1/s1.